The molecule has 0 radical (unpaired) electrons. The first-order valence-electron chi connectivity index (χ1n) is 8.68. The van der Waals surface area contributed by atoms with Crippen molar-refractivity contribution in [1.29, 1.82) is 0 Å². The number of rotatable bonds is 3. The average Bonchev–Trinajstić information content (AvgIpc) is 3.01. The highest BCUT2D eigenvalue weighted by molar-refractivity contribution is 5.80. The van der Waals surface area contributed by atoms with Gasteiger partial charge in [0, 0.05) is 5.56 Å². The Morgan fingerprint density at radius 3 is 1.88 bits per heavy atom. The molecule has 0 atom stereocenters. The van der Waals surface area contributed by atoms with Crippen molar-refractivity contribution in [2.24, 2.45) is 0 Å². The van der Waals surface area contributed by atoms with E-state index in [4.69, 9.17) is 0 Å². The number of benzene rings is 3. The maximum Gasteiger partial charge on any atom is 0.279 e. The van der Waals surface area contributed by atoms with E-state index < -0.39 is 0 Å². The number of aromatic nitrogens is 2. The number of hydrogen-bond donors (Lipinski definition) is 1. The summed E-state index contributed by atoms with van der Waals surface area (Å²) in [4.78, 5) is 13.2. The molecule has 1 heterocycles. The van der Waals surface area contributed by atoms with Crippen molar-refractivity contribution in [2.45, 2.75) is 13.8 Å². The second kappa shape index (κ2) is 6.52. The van der Waals surface area contributed by atoms with E-state index in [0.29, 0.717) is 5.56 Å². The van der Waals surface area contributed by atoms with E-state index in [1.165, 1.54) is 5.56 Å². The summed E-state index contributed by atoms with van der Waals surface area (Å²) in [5, 5.41) is 3.32. The van der Waals surface area contributed by atoms with E-state index >= 15 is 0 Å². The molecule has 0 saturated heterocycles. The monoisotopic (exact) mass is 340 g/mol. The molecule has 0 bridgehead atoms. The Morgan fingerprint density at radius 1 is 0.692 bits per heavy atom. The fourth-order valence-electron chi connectivity index (χ4n) is 3.11. The zero-order valence-electron chi connectivity index (χ0n) is 14.9. The molecule has 0 aliphatic heterocycles. The van der Waals surface area contributed by atoms with Gasteiger partial charge in [0.05, 0.1) is 16.9 Å². The summed E-state index contributed by atoms with van der Waals surface area (Å²) in [5.41, 5.74) is 6.57. The predicted octanol–water partition coefficient (Wildman–Crippen LogP) is 5.12. The molecule has 0 saturated carbocycles. The van der Waals surface area contributed by atoms with Crippen LogP contribution >= 0.6 is 0 Å². The van der Waals surface area contributed by atoms with Crippen LogP contribution in [0.5, 0.6) is 0 Å². The van der Waals surface area contributed by atoms with Crippen LogP contribution in [0.2, 0.25) is 0 Å². The van der Waals surface area contributed by atoms with Gasteiger partial charge in [0.15, 0.2) is 0 Å². The van der Waals surface area contributed by atoms with Crippen LogP contribution in [-0.2, 0) is 0 Å². The van der Waals surface area contributed by atoms with Crippen LogP contribution in [-0.4, -0.2) is 9.78 Å². The standard InChI is InChI=1S/C23H20N2O/c1-16-8-12-19(13-9-16)22-21(18-6-4-3-5-7-18)23(26)25(24-22)20-14-10-17(2)11-15-20/h3-15,24H,1-2H3. The van der Waals surface area contributed by atoms with Crippen LogP contribution in [0, 0.1) is 13.8 Å². The van der Waals surface area contributed by atoms with Gasteiger partial charge in [0.25, 0.3) is 5.56 Å². The molecule has 0 amide bonds. The minimum Gasteiger partial charge on any atom is -0.290 e. The topological polar surface area (TPSA) is 37.8 Å². The van der Waals surface area contributed by atoms with Crippen molar-refractivity contribution in [3.8, 4) is 28.1 Å². The molecule has 4 aromatic rings. The molecule has 1 aromatic heterocycles. The Labute approximate surface area is 152 Å². The lowest BCUT2D eigenvalue weighted by molar-refractivity contribution is 0.852. The van der Waals surface area contributed by atoms with Gasteiger partial charge >= 0.3 is 0 Å². The molecule has 128 valence electrons. The number of H-pyrrole nitrogens is 1. The second-order valence-electron chi connectivity index (χ2n) is 6.57. The third kappa shape index (κ3) is 2.88. The minimum atomic E-state index is -0.0457. The van der Waals surface area contributed by atoms with Gasteiger partial charge in [-0.2, -0.15) is 0 Å². The zero-order valence-corrected chi connectivity index (χ0v) is 14.9. The maximum atomic E-state index is 13.2. The van der Waals surface area contributed by atoms with Gasteiger partial charge in [0.2, 0.25) is 0 Å². The number of aromatic amines is 1. The summed E-state index contributed by atoms with van der Waals surface area (Å²) in [6, 6.07) is 26.0. The first-order chi connectivity index (χ1) is 12.6. The molecule has 3 nitrogen and oxygen atoms in total. The molecule has 0 spiro atoms. The third-order valence-corrected chi connectivity index (χ3v) is 4.59. The van der Waals surface area contributed by atoms with Crippen LogP contribution in [0.3, 0.4) is 0 Å². The maximum absolute atomic E-state index is 13.2. The van der Waals surface area contributed by atoms with E-state index in [1.807, 2.05) is 73.7 Å². The van der Waals surface area contributed by atoms with E-state index in [1.54, 1.807) is 4.68 Å². The number of aryl methyl sites for hydroxylation is 2. The average molecular weight is 340 g/mol. The van der Waals surface area contributed by atoms with Gasteiger partial charge in [-0.15, -0.1) is 0 Å². The molecule has 0 unspecified atom stereocenters. The number of hydrogen-bond acceptors (Lipinski definition) is 1. The zero-order chi connectivity index (χ0) is 18.1. The molecule has 3 aromatic carbocycles. The van der Waals surface area contributed by atoms with Crippen molar-refractivity contribution in [3.63, 3.8) is 0 Å². The summed E-state index contributed by atoms with van der Waals surface area (Å²) >= 11 is 0. The van der Waals surface area contributed by atoms with E-state index in [9.17, 15) is 4.79 Å². The SMILES string of the molecule is Cc1ccc(-c2[nH]n(-c3ccc(C)cc3)c(=O)c2-c2ccccc2)cc1. The van der Waals surface area contributed by atoms with Crippen molar-refractivity contribution in [2.75, 3.05) is 0 Å². The summed E-state index contributed by atoms with van der Waals surface area (Å²) in [6.07, 6.45) is 0. The molecule has 26 heavy (non-hydrogen) atoms. The minimum absolute atomic E-state index is 0.0457. The number of nitrogens with one attached hydrogen (secondary N) is 1. The van der Waals surface area contributed by atoms with Crippen LogP contribution in [0.4, 0.5) is 0 Å². The van der Waals surface area contributed by atoms with Crippen molar-refractivity contribution in [3.05, 3.63) is 100 Å². The highest BCUT2D eigenvalue weighted by Gasteiger charge is 2.18. The number of nitrogens with zero attached hydrogens (tertiary/aromatic N) is 1. The van der Waals surface area contributed by atoms with Gasteiger partial charge in [-0.3, -0.25) is 9.89 Å². The lowest BCUT2D eigenvalue weighted by Crippen LogP contribution is -2.15. The molecule has 3 heteroatoms. The smallest absolute Gasteiger partial charge is 0.279 e. The molecule has 0 fully saturated rings. The fourth-order valence-corrected chi connectivity index (χ4v) is 3.11. The molecular weight excluding hydrogens is 320 g/mol. The Hall–Kier alpha value is -3.33. The van der Waals surface area contributed by atoms with Crippen molar-refractivity contribution in [1.82, 2.24) is 9.78 Å². The molecule has 0 aliphatic carbocycles. The van der Waals surface area contributed by atoms with Gasteiger partial charge in [0.1, 0.15) is 0 Å². The Bertz CT molecular complexity index is 1090. The van der Waals surface area contributed by atoms with Crippen LogP contribution in [0.1, 0.15) is 11.1 Å². The van der Waals surface area contributed by atoms with Gasteiger partial charge in [-0.1, -0.05) is 77.9 Å². The summed E-state index contributed by atoms with van der Waals surface area (Å²) in [7, 11) is 0. The van der Waals surface area contributed by atoms with E-state index in [0.717, 1.165) is 28.1 Å². The Kier molecular flexibility index (Phi) is 4.05. The van der Waals surface area contributed by atoms with E-state index in [-0.39, 0.29) is 5.56 Å². The first-order valence-corrected chi connectivity index (χ1v) is 8.68. The van der Waals surface area contributed by atoms with Gasteiger partial charge in [-0.05, 0) is 31.5 Å². The molecule has 4 rings (SSSR count). The van der Waals surface area contributed by atoms with Crippen LogP contribution in [0.25, 0.3) is 28.1 Å². The van der Waals surface area contributed by atoms with E-state index in [2.05, 4.69) is 24.2 Å². The largest absolute Gasteiger partial charge is 0.290 e. The quantitative estimate of drug-likeness (QED) is 0.552. The molecule has 0 aliphatic rings. The summed E-state index contributed by atoms with van der Waals surface area (Å²) in [5.74, 6) is 0. The highest BCUT2D eigenvalue weighted by atomic mass is 16.1. The summed E-state index contributed by atoms with van der Waals surface area (Å²) < 4.78 is 1.62. The van der Waals surface area contributed by atoms with Gasteiger partial charge < -0.3 is 0 Å². The predicted molar refractivity (Wildman–Crippen MR) is 107 cm³/mol. The second-order valence-corrected chi connectivity index (χ2v) is 6.57. The lowest BCUT2D eigenvalue weighted by Gasteiger charge is -2.04. The Balaban J connectivity index is 1.97. The Morgan fingerprint density at radius 2 is 1.27 bits per heavy atom. The molecular formula is C23H20N2O. The first kappa shape index (κ1) is 16.2. The highest BCUT2D eigenvalue weighted by Crippen LogP contribution is 2.29. The van der Waals surface area contributed by atoms with Crippen LogP contribution < -0.4 is 5.56 Å². The lowest BCUT2D eigenvalue weighted by atomic mass is 10.0. The fraction of sp³-hybridized carbons (Fsp3) is 0.0870. The molecule has 1 N–H and O–H groups in total. The summed E-state index contributed by atoms with van der Waals surface area (Å²) in [6.45, 7) is 4.09. The van der Waals surface area contributed by atoms with Gasteiger partial charge in [-0.25, -0.2) is 4.68 Å². The normalized spacial score (nSPS) is 10.8. The van der Waals surface area contributed by atoms with Crippen molar-refractivity contribution >= 4 is 0 Å². The van der Waals surface area contributed by atoms with Crippen molar-refractivity contribution < 1.29 is 0 Å². The third-order valence-electron chi connectivity index (χ3n) is 4.59. The van der Waals surface area contributed by atoms with Crippen LogP contribution in [0.15, 0.2) is 83.7 Å².